The van der Waals surface area contributed by atoms with E-state index in [1.54, 1.807) is 15.9 Å². The largest absolute Gasteiger partial charge is 0.418 e. The number of alkyl halides is 3. The molecule has 0 aliphatic carbocycles. The number of amides is 2. The second kappa shape index (κ2) is 8.00. The van der Waals surface area contributed by atoms with E-state index in [9.17, 15) is 18.0 Å². The lowest BCUT2D eigenvalue weighted by Crippen LogP contribution is -2.50. The lowest BCUT2D eigenvalue weighted by Gasteiger charge is -2.37. The fourth-order valence-corrected chi connectivity index (χ4v) is 3.18. The highest BCUT2D eigenvalue weighted by Crippen LogP contribution is 2.36. The molecular formula is C20H23F3N4O. The molecule has 2 aromatic rings. The highest BCUT2D eigenvalue weighted by molar-refractivity contribution is 5.89. The molecule has 1 fully saturated rings. The number of piperazine rings is 1. The zero-order valence-corrected chi connectivity index (χ0v) is 15.8. The smallest absolute Gasteiger partial charge is 0.378 e. The summed E-state index contributed by atoms with van der Waals surface area (Å²) in [4.78, 5) is 17.7. The SMILES string of the molecule is CN(C)c1ccc(NC(=O)N2CCN(c3ccccc3C(F)(F)F)CC2)cc1. The van der Waals surface area contributed by atoms with Crippen LogP contribution in [0, 0.1) is 0 Å². The molecule has 0 atom stereocenters. The summed E-state index contributed by atoms with van der Waals surface area (Å²) in [7, 11) is 3.87. The molecule has 1 heterocycles. The molecular weight excluding hydrogens is 369 g/mol. The van der Waals surface area contributed by atoms with Crippen LogP contribution in [0.5, 0.6) is 0 Å². The molecule has 0 radical (unpaired) electrons. The topological polar surface area (TPSA) is 38.8 Å². The number of para-hydroxylation sites is 1. The van der Waals surface area contributed by atoms with Gasteiger partial charge < -0.3 is 20.0 Å². The average molecular weight is 392 g/mol. The van der Waals surface area contributed by atoms with Crippen molar-refractivity contribution in [1.29, 1.82) is 0 Å². The Bertz CT molecular complexity index is 813. The van der Waals surface area contributed by atoms with Crippen molar-refractivity contribution >= 4 is 23.1 Å². The van der Waals surface area contributed by atoms with E-state index in [0.717, 1.165) is 11.8 Å². The van der Waals surface area contributed by atoms with Crippen LogP contribution >= 0.6 is 0 Å². The summed E-state index contributed by atoms with van der Waals surface area (Å²) in [6, 6.07) is 12.8. The molecule has 0 saturated carbocycles. The number of anilines is 3. The first-order chi connectivity index (χ1) is 13.3. The molecule has 1 aliphatic rings. The summed E-state index contributed by atoms with van der Waals surface area (Å²) in [5.41, 5.74) is 1.22. The molecule has 0 spiro atoms. The third kappa shape index (κ3) is 4.49. The van der Waals surface area contributed by atoms with Gasteiger partial charge in [0.1, 0.15) is 0 Å². The van der Waals surface area contributed by atoms with Gasteiger partial charge >= 0.3 is 12.2 Å². The van der Waals surface area contributed by atoms with Gasteiger partial charge in [-0.1, -0.05) is 12.1 Å². The number of hydrogen-bond donors (Lipinski definition) is 1. The predicted molar refractivity (Wildman–Crippen MR) is 105 cm³/mol. The van der Waals surface area contributed by atoms with Gasteiger partial charge in [-0.15, -0.1) is 0 Å². The Morgan fingerprint density at radius 1 is 0.964 bits per heavy atom. The molecule has 1 saturated heterocycles. The van der Waals surface area contributed by atoms with Gasteiger partial charge in [0, 0.05) is 57.3 Å². The molecule has 5 nitrogen and oxygen atoms in total. The molecule has 0 bridgehead atoms. The number of carbonyl (C=O) groups excluding carboxylic acids is 1. The van der Waals surface area contributed by atoms with E-state index in [1.807, 2.05) is 43.3 Å². The Kier molecular flexibility index (Phi) is 5.67. The van der Waals surface area contributed by atoms with Crippen LogP contribution in [0.25, 0.3) is 0 Å². The maximum atomic E-state index is 13.2. The van der Waals surface area contributed by atoms with Gasteiger partial charge in [0.05, 0.1) is 5.56 Å². The molecule has 150 valence electrons. The van der Waals surface area contributed by atoms with Crippen LogP contribution in [0.2, 0.25) is 0 Å². The van der Waals surface area contributed by atoms with E-state index in [-0.39, 0.29) is 11.7 Å². The maximum absolute atomic E-state index is 13.2. The van der Waals surface area contributed by atoms with Gasteiger partial charge in [0.15, 0.2) is 0 Å². The van der Waals surface area contributed by atoms with Crippen LogP contribution in [0.3, 0.4) is 0 Å². The fraction of sp³-hybridized carbons (Fsp3) is 0.350. The van der Waals surface area contributed by atoms with Crippen LogP contribution in [0.1, 0.15) is 5.56 Å². The van der Waals surface area contributed by atoms with Crippen LogP contribution in [0.4, 0.5) is 35.0 Å². The number of urea groups is 1. The predicted octanol–water partition coefficient (Wildman–Crippen LogP) is 4.13. The zero-order valence-electron chi connectivity index (χ0n) is 15.8. The van der Waals surface area contributed by atoms with Crippen molar-refractivity contribution in [2.24, 2.45) is 0 Å². The van der Waals surface area contributed by atoms with Gasteiger partial charge in [-0.3, -0.25) is 0 Å². The summed E-state index contributed by atoms with van der Waals surface area (Å²) in [5.74, 6) is 0. The molecule has 1 N–H and O–H groups in total. The number of rotatable bonds is 3. The van der Waals surface area contributed by atoms with Crippen LogP contribution in [0.15, 0.2) is 48.5 Å². The lowest BCUT2D eigenvalue weighted by molar-refractivity contribution is -0.137. The average Bonchev–Trinajstić information content (AvgIpc) is 2.68. The van der Waals surface area contributed by atoms with Gasteiger partial charge in [-0.25, -0.2) is 4.79 Å². The first kappa shape index (κ1) is 19.9. The van der Waals surface area contributed by atoms with Crippen LogP contribution < -0.4 is 15.1 Å². The van der Waals surface area contributed by atoms with Crippen molar-refractivity contribution in [1.82, 2.24) is 4.90 Å². The highest BCUT2D eigenvalue weighted by Gasteiger charge is 2.35. The van der Waals surface area contributed by atoms with E-state index in [1.165, 1.54) is 12.1 Å². The standard InChI is InChI=1S/C20H23F3N4O/c1-25(2)16-9-7-15(8-10-16)24-19(28)27-13-11-26(12-14-27)18-6-4-3-5-17(18)20(21,22)23/h3-10H,11-14H2,1-2H3,(H,24,28). The van der Waals surface area contributed by atoms with Crippen molar-refractivity contribution in [3.8, 4) is 0 Å². The minimum atomic E-state index is -4.40. The number of nitrogens with zero attached hydrogens (tertiary/aromatic N) is 3. The molecule has 0 aromatic heterocycles. The van der Waals surface area contributed by atoms with Gasteiger partial charge in [0.2, 0.25) is 0 Å². The summed E-state index contributed by atoms with van der Waals surface area (Å²) < 4.78 is 39.7. The summed E-state index contributed by atoms with van der Waals surface area (Å²) >= 11 is 0. The zero-order chi connectivity index (χ0) is 20.3. The van der Waals surface area contributed by atoms with E-state index in [2.05, 4.69) is 5.32 Å². The highest BCUT2D eigenvalue weighted by atomic mass is 19.4. The number of carbonyl (C=O) groups is 1. The number of hydrogen-bond acceptors (Lipinski definition) is 3. The second-order valence-corrected chi connectivity index (χ2v) is 6.86. The van der Waals surface area contributed by atoms with Crippen molar-refractivity contribution in [3.05, 3.63) is 54.1 Å². The number of halogens is 3. The Hall–Kier alpha value is -2.90. The van der Waals surface area contributed by atoms with Crippen molar-refractivity contribution in [3.63, 3.8) is 0 Å². The first-order valence-corrected chi connectivity index (χ1v) is 9.00. The third-order valence-corrected chi connectivity index (χ3v) is 4.75. The normalized spacial score (nSPS) is 14.8. The summed E-state index contributed by atoms with van der Waals surface area (Å²) in [6.07, 6.45) is -4.40. The Morgan fingerprint density at radius 2 is 1.57 bits per heavy atom. The number of nitrogens with one attached hydrogen (secondary N) is 1. The minimum absolute atomic E-state index is 0.161. The summed E-state index contributed by atoms with van der Waals surface area (Å²) in [5, 5.41) is 2.84. The van der Waals surface area contributed by atoms with E-state index < -0.39 is 11.7 Å². The van der Waals surface area contributed by atoms with Crippen molar-refractivity contribution in [2.45, 2.75) is 6.18 Å². The molecule has 28 heavy (non-hydrogen) atoms. The first-order valence-electron chi connectivity index (χ1n) is 9.00. The monoisotopic (exact) mass is 392 g/mol. The quantitative estimate of drug-likeness (QED) is 0.854. The third-order valence-electron chi connectivity index (χ3n) is 4.75. The van der Waals surface area contributed by atoms with Crippen LogP contribution in [-0.2, 0) is 6.18 Å². The summed E-state index contributed by atoms with van der Waals surface area (Å²) in [6.45, 7) is 1.40. The fourth-order valence-electron chi connectivity index (χ4n) is 3.18. The van der Waals surface area contributed by atoms with Crippen LogP contribution in [-0.4, -0.2) is 51.2 Å². The molecule has 2 aromatic carbocycles. The van der Waals surface area contributed by atoms with E-state index in [4.69, 9.17) is 0 Å². The molecule has 0 unspecified atom stereocenters. The molecule has 1 aliphatic heterocycles. The maximum Gasteiger partial charge on any atom is 0.418 e. The van der Waals surface area contributed by atoms with Gasteiger partial charge in [-0.05, 0) is 36.4 Å². The van der Waals surface area contributed by atoms with Gasteiger partial charge in [0.25, 0.3) is 0 Å². The molecule has 2 amide bonds. The van der Waals surface area contributed by atoms with E-state index >= 15 is 0 Å². The Morgan fingerprint density at radius 3 is 2.14 bits per heavy atom. The Labute approximate surface area is 162 Å². The van der Waals surface area contributed by atoms with Crippen molar-refractivity contribution in [2.75, 3.05) is 55.4 Å². The van der Waals surface area contributed by atoms with Gasteiger partial charge in [-0.2, -0.15) is 13.2 Å². The Balaban J connectivity index is 1.60. The lowest BCUT2D eigenvalue weighted by atomic mass is 10.1. The molecule has 8 heteroatoms. The minimum Gasteiger partial charge on any atom is -0.378 e. The molecule has 3 rings (SSSR count). The van der Waals surface area contributed by atoms with E-state index in [0.29, 0.717) is 31.9 Å². The number of benzene rings is 2. The second-order valence-electron chi connectivity index (χ2n) is 6.86. The van der Waals surface area contributed by atoms with Crippen molar-refractivity contribution < 1.29 is 18.0 Å².